The van der Waals surface area contributed by atoms with Crippen LogP contribution in [0.5, 0.6) is 0 Å². The van der Waals surface area contributed by atoms with Crippen LogP contribution in [0.3, 0.4) is 0 Å². The van der Waals surface area contributed by atoms with E-state index in [1.54, 1.807) is 7.11 Å². The summed E-state index contributed by atoms with van der Waals surface area (Å²) in [5.41, 5.74) is -0.146. The van der Waals surface area contributed by atoms with E-state index >= 15 is 0 Å². The van der Waals surface area contributed by atoms with Crippen LogP contribution in [0.1, 0.15) is 33.1 Å². The molecule has 0 aliphatic carbocycles. The molecule has 1 heterocycles. The van der Waals surface area contributed by atoms with Gasteiger partial charge in [-0.3, -0.25) is 4.90 Å². The molecule has 1 aliphatic rings. The molecule has 1 unspecified atom stereocenters. The number of rotatable bonds is 3. The van der Waals surface area contributed by atoms with Crippen LogP contribution in [0.4, 0.5) is 0 Å². The average Bonchev–Trinajstić information content (AvgIpc) is 2.18. The van der Waals surface area contributed by atoms with E-state index in [1.807, 2.05) is 0 Å². The van der Waals surface area contributed by atoms with Crippen molar-refractivity contribution in [1.82, 2.24) is 4.90 Å². The number of methoxy groups -OCH3 is 1. The van der Waals surface area contributed by atoms with Crippen molar-refractivity contribution in [3.8, 4) is 6.07 Å². The highest BCUT2D eigenvalue weighted by Crippen LogP contribution is 2.20. The zero-order valence-electron chi connectivity index (χ0n) is 9.42. The number of likely N-dealkylation sites (tertiary alicyclic amines) is 1. The Morgan fingerprint density at radius 3 is 2.79 bits per heavy atom. The fraction of sp³-hybridized carbons (Fsp3) is 0.909. The van der Waals surface area contributed by atoms with Gasteiger partial charge in [0.25, 0.3) is 0 Å². The number of hydrogen-bond donors (Lipinski definition) is 0. The van der Waals surface area contributed by atoms with Gasteiger partial charge in [-0.2, -0.15) is 5.26 Å². The summed E-state index contributed by atoms with van der Waals surface area (Å²) in [5.74, 6) is 0. The van der Waals surface area contributed by atoms with E-state index in [9.17, 15) is 0 Å². The Morgan fingerprint density at radius 1 is 1.50 bits per heavy atom. The highest BCUT2D eigenvalue weighted by atomic mass is 16.5. The molecule has 0 aromatic rings. The largest absolute Gasteiger partial charge is 0.377 e. The number of piperidine rings is 1. The standard InChI is InChI=1S/C11H20N2O/c1-11(2,14-3)9-13-7-5-4-6-10(13)8-12/h10H,4-7,9H2,1-3H3. The van der Waals surface area contributed by atoms with Gasteiger partial charge in [-0.25, -0.2) is 0 Å². The van der Waals surface area contributed by atoms with Gasteiger partial charge in [0.05, 0.1) is 17.7 Å². The molecule has 0 aromatic heterocycles. The Kier molecular flexibility index (Phi) is 3.91. The van der Waals surface area contributed by atoms with Gasteiger partial charge < -0.3 is 4.74 Å². The van der Waals surface area contributed by atoms with Gasteiger partial charge in [0, 0.05) is 13.7 Å². The second kappa shape index (κ2) is 4.77. The van der Waals surface area contributed by atoms with Gasteiger partial charge in [-0.1, -0.05) is 0 Å². The quantitative estimate of drug-likeness (QED) is 0.690. The van der Waals surface area contributed by atoms with Gasteiger partial charge in [0.2, 0.25) is 0 Å². The third-order valence-corrected chi connectivity index (χ3v) is 2.90. The lowest BCUT2D eigenvalue weighted by Gasteiger charge is -2.36. The van der Waals surface area contributed by atoms with E-state index in [0.29, 0.717) is 0 Å². The molecular weight excluding hydrogens is 176 g/mol. The molecule has 0 N–H and O–H groups in total. The maximum atomic E-state index is 9.00. The number of nitriles is 1. The monoisotopic (exact) mass is 196 g/mol. The molecular formula is C11H20N2O. The number of nitrogens with zero attached hydrogens (tertiary/aromatic N) is 2. The topological polar surface area (TPSA) is 36.3 Å². The van der Waals surface area contributed by atoms with Crippen molar-refractivity contribution < 1.29 is 4.74 Å². The van der Waals surface area contributed by atoms with Crippen LogP contribution in [-0.2, 0) is 4.74 Å². The molecule has 0 saturated carbocycles. The fourth-order valence-electron chi connectivity index (χ4n) is 1.88. The van der Waals surface area contributed by atoms with Gasteiger partial charge >= 0.3 is 0 Å². The van der Waals surface area contributed by atoms with Crippen molar-refractivity contribution in [3.05, 3.63) is 0 Å². The Balaban J connectivity index is 2.53. The van der Waals surface area contributed by atoms with Crippen LogP contribution in [0.15, 0.2) is 0 Å². The normalized spacial score (nSPS) is 24.6. The number of ether oxygens (including phenoxy) is 1. The molecule has 0 amide bonds. The summed E-state index contributed by atoms with van der Waals surface area (Å²) < 4.78 is 5.38. The highest BCUT2D eigenvalue weighted by molar-refractivity contribution is 4.95. The summed E-state index contributed by atoms with van der Waals surface area (Å²) in [7, 11) is 1.73. The van der Waals surface area contributed by atoms with Crippen molar-refractivity contribution in [2.45, 2.75) is 44.8 Å². The Labute approximate surface area is 86.6 Å². The minimum Gasteiger partial charge on any atom is -0.377 e. The zero-order chi connectivity index (χ0) is 10.6. The first-order chi connectivity index (χ1) is 6.59. The maximum Gasteiger partial charge on any atom is 0.0978 e. The van der Waals surface area contributed by atoms with Crippen molar-refractivity contribution >= 4 is 0 Å². The fourth-order valence-corrected chi connectivity index (χ4v) is 1.88. The van der Waals surface area contributed by atoms with E-state index in [1.165, 1.54) is 12.8 Å². The first kappa shape index (κ1) is 11.5. The summed E-state index contributed by atoms with van der Waals surface area (Å²) >= 11 is 0. The average molecular weight is 196 g/mol. The second-order valence-electron chi connectivity index (χ2n) is 4.57. The van der Waals surface area contributed by atoms with Crippen LogP contribution in [0, 0.1) is 11.3 Å². The second-order valence-corrected chi connectivity index (χ2v) is 4.57. The van der Waals surface area contributed by atoms with Crippen LogP contribution >= 0.6 is 0 Å². The van der Waals surface area contributed by atoms with E-state index in [4.69, 9.17) is 10.00 Å². The molecule has 0 bridgehead atoms. The third kappa shape index (κ3) is 2.97. The first-order valence-electron chi connectivity index (χ1n) is 5.28. The molecule has 0 aromatic carbocycles. The summed E-state index contributed by atoms with van der Waals surface area (Å²) in [5, 5.41) is 9.00. The summed E-state index contributed by atoms with van der Waals surface area (Å²) in [4.78, 5) is 2.24. The molecule has 1 rings (SSSR count). The number of hydrogen-bond acceptors (Lipinski definition) is 3. The highest BCUT2D eigenvalue weighted by Gasteiger charge is 2.28. The lowest BCUT2D eigenvalue weighted by Crippen LogP contribution is -2.47. The molecule has 80 valence electrons. The molecule has 1 saturated heterocycles. The van der Waals surface area contributed by atoms with Crippen molar-refractivity contribution in [2.75, 3.05) is 20.2 Å². The van der Waals surface area contributed by atoms with Crippen molar-refractivity contribution in [2.24, 2.45) is 0 Å². The first-order valence-corrected chi connectivity index (χ1v) is 5.28. The van der Waals surface area contributed by atoms with E-state index in [2.05, 4.69) is 24.8 Å². The smallest absolute Gasteiger partial charge is 0.0978 e. The lowest BCUT2D eigenvalue weighted by molar-refractivity contribution is -0.0181. The van der Waals surface area contributed by atoms with Gasteiger partial charge in [-0.15, -0.1) is 0 Å². The van der Waals surface area contributed by atoms with Crippen LogP contribution in [0.2, 0.25) is 0 Å². The third-order valence-electron chi connectivity index (χ3n) is 2.90. The molecule has 0 radical (unpaired) electrons. The molecule has 14 heavy (non-hydrogen) atoms. The molecule has 1 atom stereocenters. The van der Waals surface area contributed by atoms with Crippen LogP contribution in [0.25, 0.3) is 0 Å². The molecule has 0 spiro atoms. The van der Waals surface area contributed by atoms with E-state index < -0.39 is 0 Å². The SMILES string of the molecule is COC(C)(C)CN1CCCCC1C#N. The van der Waals surface area contributed by atoms with Gasteiger partial charge in [0.1, 0.15) is 0 Å². The maximum absolute atomic E-state index is 9.00. The van der Waals surface area contributed by atoms with E-state index in [0.717, 1.165) is 19.5 Å². The lowest BCUT2D eigenvalue weighted by atomic mass is 10.00. The molecule has 1 fully saturated rings. The Morgan fingerprint density at radius 2 is 2.21 bits per heavy atom. The molecule has 1 aliphatic heterocycles. The summed E-state index contributed by atoms with van der Waals surface area (Å²) in [6.45, 7) is 6.01. The minimum atomic E-state index is -0.146. The Bertz CT molecular complexity index is 220. The zero-order valence-corrected chi connectivity index (χ0v) is 9.42. The van der Waals surface area contributed by atoms with Gasteiger partial charge in [0.15, 0.2) is 0 Å². The van der Waals surface area contributed by atoms with Crippen LogP contribution in [-0.4, -0.2) is 36.7 Å². The predicted molar refractivity (Wildman–Crippen MR) is 55.9 cm³/mol. The minimum absolute atomic E-state index is 0.0955. The molecule has 3 heteroatoms. The van der Waals surface area contributed by atoms with Gasteiger partial charge in [-0.05, 0) is 39.7 Å². The predicted octanol–water partition coefficient (Wildman–Crippen LogP) is 1.79. The van der Waals surface area contributed by atoms with Crippen LogP contribution < -0.4 is 0 Å². The van der Waals surface area contributed by atoms with Crippen molar-refractivity contribution in [1.29, 1.82) is 5.26 Å². The van der Waals surface area contributed by atoms with Crippen molar-refractivity contribution in [3.63, 3.8) is 0 Å². The van der Waals surface area contributed by atoms with E-state index in [-0.39, 0.29) is 11.6 Å². The summed E-state index contributed by atoms with van der Waals surface area (Å²) in [6.07, 6.45) is 3.40. The molecule has 3 nitrogen and oxygen atoms in total. The summed E-state index contributed by atoms with van der Waals surface area (Å²) in [6, 6.07) is 2.47. The Hall–Kier alpha value is -0.590.